The normalized spacial score (nSPS) is 21.0. The van der Waals surface area contributed by atoms with E-state index in [1.165, 1.54) is 6.26 Å². The first kappa shape index (κ1) is 12.3. The van der Waals surface area contributed by atoms with Gasteiger partial charge in [0.2, 0.25) is 0 Å². The van der Waals surface area contributed by atoms with Crippen molar-refractivity contribution in [3.63, 3.8) is 0 Å². The Labute approximate surface area is 108 Å². The highest BCUT2D eigenvalue weighted by atomic mass is 19.4. The van der Waals surface area contributed by atoms with Crippen LogP contribution in [0, 0.1) is 5.92 Å². The second kappa shape index (κ2) is 4.43. The maximum absolute atomic E-state index is 12.8. The van der Waals surface area contributed by atoms with Crippen LogP contribution in [0.25, 0.3) is 11.0 Å². The van der Waals surface area contributed by atoms with Crippen LogP contribution in [0.5, 0.6) is 0 Å². The van der Waals surface area contributed by atoms with Gasteiger partial charge in [0, 0.05) is 19.3 Å². The number of piperidine rings is 1. The van der Waals surface area contributed by atoms with Gasteiger partial charge in [0.05, 0.1) is 17.6 Å². The van der Waals surface area contributed by atoms with Gasteiger partial charge in [-0.15, -0.1) is 0 Å². The molecule has 0 radical (unpaired) electrons. The largest absolute Gasteiger partial charge is 0.464 e. The molecule has 0 bridgehead atoms. The minimum atomic E-state index is -4.14. The summed E-state index contributed by atoms with van der Waals surface area (Å²) in [6.07, 6.45) is -0.316. The molecule has 2 aromatic heterocycles. The zero-order valence-corrected chi connectivity index (χ0v) is 10.2. The molecule has 0 aromatic carbocycles. The van der Waals surface area contributed by atoms with Crippen molar-refractivity contribution in [2.24, 2.45) is 5.92 Å². The molecule has 0 N–H and O–H groups in total. The second-order valence-corrected chi connectivity index (χ2v) is 4.79. The SMILES string of the molecule is FC(F)(F)C1CCCN(c2nccc3occc23)C1. The van der Waals surface area contributed by atoms with Crippen LogP contribution in [0.1, 0.15) is 12.8 Å². The smallest absolute Gasteiger partial charge is 0.393 e. The molecular formula is C13H13F3N2O. The van der Waals surface area contributed by atoms with E-state index in [-0.39, 0.29) is 13.0 Å². The summed E-state index contributed by atoms with van der Waals surface area (Å²) in [7, 11) is 0. The third kappa shape index (κ3) is 2.27. The quantitative estimate of drug-likeness (QED) is 0.792. The molecule has 1 aliphatic rings. The molecule has 0 aliphatic carbocycles. The van der Waals surface area contributed by atoms with Gasteiger partial charge in [-0.3, -0.25) is 0 Å². The summed E-state index contributed by atoms with van der Waals surface area (Å²) in [6, 6.07) is 3.46. The number of halogens is 3. The number of furan rings is 1. The molecule has 1 aliphatic heterocycles. The van der Waals surface area contributed by atoms with Crippen LogP contribution in [0.3, 0.4) is 0 Å². The Kier molecular flexibility index (Phi) is 2.88. The summed E-state index contributed by atoms with van der Waals surface area (Å²) in [5, 5.41) is 0.769. The van der Waals surface area contributed by atoms with E-state index in [1.54, 1.807) is 23.2 Å². The lowest BCUT2D eigenvalue weighted by Gasteiger charge is -2.34. The van der Waals surface area contributed by atoms with Gasteiger partial charge in [-0.2, -0.15) is 13.2 Å². The Balaban J connectivity index is 1.91. The number of alkyl halides is 3. The van der Waals surface area contributed by atoms with Crippen molar-refractivity contribution in [1.82, 2.24) is 4.98 Å². The standard InChI is InChI=1S/C13H13F3N2O/c14-13(15,16)9-2-1-6-18(8-9)12-10-4-7-19-11(10)3-5-17-12/h3-5,7,9H,1-2,6,8H2. The lowest BCUT2D eigenvalue weighted by molar-refractivity contribution is -0.176. The number of fused-ring (bicyclic) bond motifs is 1. The molecule has 6 heteroatoms. The Morgan fingerprint density at radius 1 is 1.32 bits per heavy atom. The number of rotatable bonds is 1. The summed E-state index contributed by atoms with van der Waals surface area (Å²) in [6.45, 7) is 0.574. The summed E-state index contributed by atoms with van der Waals surface area (Å²) in [5.74, 6) is -0.689. The molecule has 0 amide bonds. The first-order valence-electron chi connectivity index (χ1n) is 6.19. The number of pyridine rings is 1. The van der Waals surface area contributed by atoms with Crippen molar-refractivity contribution in [3.8, 4) is 0 Å². The fourth-order valence-electron chi connectivity index (χ4n) is 2.57. The Hall–Kier alpha value is -1.72. The minimum absolute atomic E-state index is 0.0270. The monoisotopic (exact) mass is 270 g/mol. The molecule has 0 spiro atoms. The fourth-order valence-corrected chi connectivity index (χ4v) is 2.57. The van der Waals surface area contributed by atoms with Crippen molar-refractivity contribution in [1.29, 1.82) is 0 Å². The predicted octanol–water partition coefficient (Wildman–Crippen LogP) is 3.61. The van der Waals surface area contributed by atoms with Crippen molar-refractivity contribution in [3.05, 3.63) is 24.6 Å². The maximum atomic E-state index is 12.8. The molecule has 3 rings (SSSR count). The van der Waals surface area contributed by atoms with E-state index in [0.717, 1.165) is 5.39 Å². The summed E-state index contributed by atoms with van der Waals surface area (Å²) >= 11 is 0. The first-order valence-corrected chi connectivity index (χ1v) is 6.19. The zero-order valence-electron chi connectivity index (χ0n) is 10.2. The number of nitrogens with zero attached hydrogens (tertiary/aromatic N) is 2. The van der Waals surface area contributed by atoms with Crippen molar-refractivity contribution < 1.29 is 17.6 Å². The van der Waals surface area contributed by atoms with Crippen LogP contribution in [-0.4, -0.2) is 24.2 Å². The highest BCUT2D eigenvalue weighted by Crippen LogP contribution is 2.36. The molecule has 3 heterocycles. The third-order valence-corrected chi connectivity index (χ3v) is 3.54. The topological polar surface area (TPSA) is 29.3 Å². The summed E-state index contributed by atoms with van der Waals surface area (Å²) in [5.41, 5.74) is 0.652. The molecule has 102 valence electrons. The molecule has 2 aromatic rings. The number of hydrogen-bond donors (Lipinski definition) is 0. The van der Waals surface area contributed by atoms with Crippen LogP contribution in [0.4, 0.5) is 19.0 Å². The lowest BCUT2D eigenvalue weighted by atomic mass is 9.97. The fraction of sp³-hybridized carbons (Fsp3) is 0.462. The molecule has 1 saturated heterocycles. The van der Waals surface area contributed by atoms with Crippen molar-refractivity contribution in [2.45, 2.75) is 19.0 Å². The van der Waals surface area contributed by atoms with Gasteiger partial charge >= 0.3 is 6.18 Å². The zero-order chi connectivity index (χ0) is 13.5. The first-order chi connectivity index (χ1) is 9.05. The van der Waals surface area contributed by atoms with Crippen LogP contribution in [0.2, 0.25) is 0 Å². The maximum Gasteiger partial charge on any atom is 0.393 e. The molecule has 1 unspecified atom stereocenters. The van der Waals surface area contributed by atoms with Gasteiger partial charge < -0.3 is 9.32 Å². The van der Waals surface area contributed by atoms with E-state index in [2.05, 4.69) is 4.98 Å². The van der Waals surface area contributed by atoms with E-state index in [4.69, 9.17) is 4.42 Å². The lowest BCUT2D eigenvalue weighted by Crippen LogP contribution is -2.42. The highest BCUT2D eigenvalue weighted by molar-refractivity contribution is 5.88. The number of anilines is 1. The van der Waals surface area contributed by atoms with Crippen LogP contribution in [0.15, 0.2) is 29.0 Å². The van der Waals surface area contributed by atoms with Crippen LogP contribution >= 0.6 is 0 Å². The van der Waals surface area contributed by atoms with Crippen molar-refractivity contribution >= 4 is 16.8 Å². The third-order valence-electron chi connectivity index (χ3n) is 3.54. The molecule has 1 fully saturated rings. The Morgan fingerprint density at radius 2 is 2.16 bits per heavy atom. The molecule has 3 nitrogen and oxygen atoms in total. The van der Waals surface area contributed by atoms with E-state index >= 15 is 0 Å². The minimum Gasteiger partial charge on any atom is -0.464 e. The van der Waals surface area contributed by atoms with Crippen LogP contribution < -0.4 is 4.90 Å². The van der Waals surface area contributed by atoms with Gasteiger partial charge in [0.1, 0.15) is 11.4 Å². The van der Waals surface area contributed by atoms with E-state index < -0.39 is 12.1 Å². The average Bonchev–Trinajstić information content (AvgIpc) is 2.86. The van der Waals surface area contributed by atoms with Gasteiger partial charge in [0.25, 0.3) is 0 Å². The van der Waals surface area contributed by atoms with Crippen molar-refractivity contribution in [2.75, 3.05) is 18.0 Å². The van der Waals surface area contributed by atoms with Gasteiger partial charge in [-0.05, 0) is 25.0 Å². The van der Waals surface area contributed by atoms with E-state index in [9.17, 15) is 13.2 Å². The number of hydrogen-bond acceptors (Lipinski definition) is 3. The molecular weight excluding hydrogens is 257 g/mol. The Morgan fingerprint density at radius 3 is 2.95 bits per heavy atom. The van der Waals surface area contributed by atoms with E-state index in [0.29, 0.717) is 24.4 Å². The average molecular weight is 270 g/mol. The van der Waals surface area contributed by atoms with Gasteiger partial charge in [-0.25, -0.2) is 4.98 Å². The molecule has 0 saturated carbocycles. The molecule has 1 atom stereocenters. The predicted molar refractivity (Wildman–Crippen MR) is 65.0 cm³/mol. The summed E-state index contributed by atoms with van der Waals surface area (Å²) in [4.78, 5) is 5.93. The molecule has 19 heavy (non-hydrogen) atoms. The van der Waals surface area contributed by atoms with E-state index in [1.807, 2.05) is 0 Å². The number of aromatic nitrogens is 1. The second-order valence-electron chi connectivity index (χ2n) is 4.79. The van der Waals surface area contributed by atoms with Gasteiger partial charge in [0.15, 0.2) is 0 Å². The Bertz CT molecular complexity index is 579. The highest BCUT2D eigenvalue weighted by Gasteiger charge is 2.42. The van der Waals surface area contributed by atoms with Gasteiger partial charge in [-0.1, -0.05) is 0 Å². The van der Waals surface area contributed by atoms with Crippen LogP contribution in [-0.2, 0) is 0 Å². The summed E-state index contributed by atoms with van der Waals surface area (Å²) < 4.78 is 43.7.